The van der Waals surface area contributed by atoms with Gasteiger partial charge in [-0.3, -0.25) is 9.69 Å². The quantitative estimate of drug-likeness (QED) is 0.864. The summed E-state index contributed by atoms with van der Waals surface area (Å²) in [5, 5.41) is 8.72. The fourth-order valence-corrected chi connectivity index (χ4v) is 3.58. The van der Waals surface area contributed by atoms with Crippen molar-refractivity contribution in [3.8, 4) is 5.75 Å². The van der Waals surface area contributed by atoms with E-state index >= 15 is 0 Å². The molecule has 0 aromatic heterocycles. The first kappa shape index (κ1) is 16.7. The highest BCUT2D eigenvalue weighted by Gasteiger charge is 2.44. The van der Waals surface area contributed by atoms with Crippen LogP contribution >= 0.6 is 0 Å². The molecule has 0 bridgehead atoms. The van der Waals surface area contributed by atoms with E-state index in [4.69, 9.17) is 9.84 Å². The predicted octanol–water partition coefficient (Wildman–Crippen LogP) is 2.99. The molecular formula is C19H23NO4. The maximum Gasteiger partial charge on any atom is 0.328 e. The van der Waals surface area contributed by atoms with Crippen molar-refractivity contribution in [2.24, 2.45) is 0 Å². The van der Waals surface area contributed by atoms with Crippen molar-refractivity contribution in [3.63, 3.8) is 0 Å². The molecule has 1 saturated heterocycles. The summed E-state index contributed by atoms with van der Waals surface area (Å²) in [6.45, 7) is 6.15. The van der Waals surface area contributed by atoms with Crippen molar-refractivity contribution in [1.29, 1.82) is 0 Å². The van der Waals surface area contributed by atoms with Crippen LogP contribution < -0.4 is 4.74 Å². The number of rotatable bonds is 3. The molecule has 1 aromatic rings. The highest BCUT2D eigenvalue weighted by Crippen LogP contribution is 2.39. The molecule has 1 N–H and O–H groups in total. The van der Waals surface area contributed by atoms with Gasteiger partial charge in [0.1, 0.15) is 11.4 Å². The van der Waals surface area contributed by atoms with Gasteiger partial charge in [0, 0.05) is 18.7 Å². The zero-order valence-electron chi connectivity index (χ0n) is 14.1. The Bertz CT molecular complexity index is 695. The van der Waals surface area contributed by atoms with E-state index in [1.54, 1.807) is 18.2 Å². The number of likely N-dealkylation sites (tertiary alicyclic amines) is 1. The largest absolute Gasteiger partial charge is 0.485 e. The van der Waals surface area contributed by atoms with Crippen LogP contribution in [-0.4, -0.2) is 46.5 Å². The fraction of sp³-hybridized carbons (Fsp3) is 0.474. The van der Waals surface area contributed by atoms with Crippen LogP contribution in [0.2, 0.25) is 0 Å². The van der Waals surface area contributed by atoms with Gasteiger partial charge in [-0.15, -0.1) is 0 Å². The molecule has 0 saturated carbocycles. The lowest BCUT2D eigenvalue weighted by molar-refractivity contribution is -0.131. The number of hydrogen-bond donors (Lipinski definition) is 1. The molecule has 5 nitrogen and oxygen atoms in total. The minimum atomic E-state index is -1.01. The smallest absolute Gasteiger partial charge is 0.328 e. The van der Waals surface area contributed by atoms with Crippen LogP contribution in [0.4, 0.5) is 0 Å². The van der Waals surface area contributed by atoms with E-state index in [-0.39, 0.29) is 5.78 Å². The third-order valence-corrected chi connectivity index (χ3v) is 4.83. The molecule has 1 spiro atoms. The van der Waals surface area contributed by atoms with Crippen LogP contribution in [0.1, 0.15) is 49.0 Å². The van der Waals surface area contributed by atoms with Gasteiger partial charge in [0.05, 0.1) is 12.0 Å². The van der Waals surface area contributed by atoms with E-state index in [0.717, 1.165) is 32.0 Å². The maximum atomic E-state index is 12.7. The Morgan fingerprint density at radius 1 is 1.42 bits per heavy atom. The third-order valence-electron chi connectivity index (χ3n) is 4.83. The number of ketones is 1. The number of carbonyl (C=O) groups excluding carboxylic acids is 1. The number of nitrogens with zero attached hydrogens (tertiary/aromatic N) is 1. The molecule has 0 aliphatic carbocycles. The van der Waals surface area contributed by atoms with Gasteiger partial charge in [-0.1, -0.05) is 6.07 Å². The van der Waals surface area contributed by atoms with Crippen LogP contribution in [-0.2, 0) is 4.79 Å². The number of carboxylic acids is 1. The zero-order valence-corrected chi connectivity index (χ0v) is 14.1. The number of carbonyl (C=O) groups is 2. The van der Waals surface area contributed by atoms with Crippen LogP contribution in [0.25, 0.3) is 6.08 Å². The van der Waals surface area contributed by atoms with Crippen LogP contribution in [0, 0.1) is 0 Å². The van der Waals surface area contributed by atoms with Gasteiger partial charge in [0.25, 0.3) is 0 Å². The first-order valence-corrected chi connectivity index (χ1v) is 8.40. The second-order valence-electron chi connectivity index (χ2n) is 6.98. The molecule has 3 rings (SSSR count). The van der Waals surface area contributed by atoms with Crippen LogP contribution in [0.5, 0.6) is 5.75 Å². The number of aliphatic carboxylic acids is 1. The van der Waals surface area contributed by atoms with Crippen molar-refractivity contribution in [2.45, 2.75) is 44.8 Å². The van der Waals surface area contributed by atoms with Crippen molar-refractivity contribution < 1.29 is 19.4 Å². The molecule has 0 amide bonds. The van der Waals surface area contributed by atoms with Gasteiger partial charge in [-0.25, -0.2) is 4.79 Å². The van der Waals surface area contributed by atoms with Gasteiger partial charge in [0.2, 0.25) is 0 Å². The minimum Gasteiger partial charge on any atom is -0.485 e. The Labute approximate surface area is 141 Å². The molecule has 128 valence electrons. The Balaban J connectivity index is 1.86. The monoisotopic (exact) mass is 329 g/mol. The summed E-state index contributed by atoms with van der Waals surface area (Å²) in [4.78, 5) is 25.7. The molecule has 1 unspecified atom stereocenters. The average Bonchev–Trinajstić information content (AvgIpc) is 2.53. The first-order valence-electron chi connectivity index (χ1n) is 8.40. The van der Waals surface area contributed by atoms with Gasteiger partial charge < -0.3 is 9.84 Å². The number of fused-ring (bicyclic) bond motifs is 1. The fourth-order valence-electron chi connectivity index (χ4n) is 3.58. The molecule has 1 atom stereocenters. The number of carboxylic acid groups (broad SMARTS) is 1. The lowest BCUT2D eigenvalue weighted by atomic mass is 9.83. The SMILES string of the molecule is CC(C)N1CCCC2(CC(=O)c3cc(/C=C/C(=O)O)ccc3O2)C1. The molecule has 2 aliphatic heterocycles. The van der Waals surface area contributed by atoms with Crippen molar-refractivity contribution in [3.05, 3.63) is 35.4 Å². The Hall–Kier alpha value is -2.14. The lowest BCUT2D eigenvalue weighted by Gasteiger charge is -2.46. The summed E-state index contributed by atoms with van der Waals surface area (Å²) >= 11 is 0. The molecule has 0 radical (unpaired) electrons. The maximum absolute atomic E-state index is 12.7. The molecular weight excluding hydrogens is 306 g/mol. The molecule has 1 aromatic carbocycles. The summed E-state index contributed by atoms with van der Waals surface area (Å²) < 4.78 is 6.29. The van der Waals surface area contributed by atoms with Crippen molar-refractivity contribution in [2.75, 3.05) is 13.1 Å². The molecule has 5 heteroatoms. The van der Waals surface area contributed by atoms with E-state index in [1.807, 2.05) is 0 Å². The third kappa shape index (κ3) is 3.36. The van der Waals surface area contributed by atoms with E-state index in [0.29, 0.717) is 29.3 Å². The number of ether oxygens (including phenoxy) is 1. The second-order valence-corrected chi connectivity index (χ2v) is 6.98. The van der Waals surface area contributed by atoms with Gasteiger partial charge in [-0.2, -0.15) is 0 Å². The normalized spacial score (nSPS) is 24.4. The summed E-state index contributed by atoms with van der Waals surface area (Å²) in [6, 6.07) is 5.72. The van der Waals surface area contributed by atoms with E-state index in [9.17, 15) is 9.59 Å². The minimum absolute atomic E-state index is 0.0763. The highest BCUT2D eigenvalue weighted by atomic mass is 16.5. The van der Waals surface area contributed by atoms with E-state index in [1.165, 1.54) is 6.08 Å². The van der Waals surface area contributed by atoms with Crippen LogP contribution in [0.3, 0.4) is 0 Å². The Kier molecular flexibility index (Phi) is 4.45. The number of hydrogen-bond acceptors (Lipinski definition) is 4. The second kappa shape index (κ2) is 6.40. The number of benzene rings is 1. The highest BCUT2D eigenvalue weighted by molar-refractivity contribution is 6.01. The molecule has 2 aliphatic rings. The first-order chi connectivity index (χ1) is 11.4. The Morgan fingerprint density at radius 2 is 2.21 bits per heavy atom. The summed E-state index contributed by atoms with van der Waals surface area (Å²) in [5.41, 5.74) is 0.816. The molecule has 1 fully saturated rings. The van der Waals surface area contributed by atoms with Crippen molar-refractivity contribution >= 4 is 17.8 Å². The number of piperidine rings is 1. The zero-order chi connectivity index (χ0) is 17.3. The molecule has 2 heterocycles. The van der Waals surface area contributed by atoms with Crippen LogP contribution in [0.15, 0.2) is 24.3 Å². The summed E-state index contributed by atoms with van der Waals surface area (Å²) in [5.74, 6) is -0.318. The van der Waals surface area contributed by atoms with Crippen molar-refractivity contribution in [1.82, 2.24) is 4.90 Å². The summed E-state index contributed by atoms with van der Waals surface area (Å²) in [6.07, 6.45) is 4.86. The van der Waals surface area contributed by atoms with E-state index in [2.05, 4.69) is 18.7 Å². The standard InChI is InChI=1S/C19H23NO4/c1-13(2)20-9-3-8-19(12-20)11-16(21)15-10-14(5-7-18(22)23)4-6-17(15)24-19/h4-7,10,13H,3,8-9,11-12H2,1-2H3,(H,22,23)/b7-5+. The topological polar surface area (TPSA) is 66.8 Å². The predicted molar refractivity (Wildman–Crippen MR) is 91.4 cm³/mol. The number of Topliss-reactive ketones (excluding diaryl/α,β-unsaturated/α-hetero) is 1. The van der Waals surface area contributed by atoms with Gasteiger partial charge in [0.15, 0.2) is 5.78 Å². The van der Waals surface area contributed by atoms with Gasteiger partial charge in [-0.05, 0) is 57.0 Å². The Morgan fingerprint density at radius 3 is 2.92 bits per heavy atom. The summed E-state index contributed by atoms with van der Waals surface area (Å²) in [7, 11) is 0. The average molecular weight is 329 g/mol. The van der Waals surface area contributed by atoms with E-state index < -0.39 is 11.6 Å². The molecule has 24 heavy (non-hydrogen) atoms. The lowest BCUT2D eigenvalue weighted by Crippen LogP contribution is -2.56. The van der Waals surface area contributed by atoms with Gasteiger partial charge >= 0.3 is 5.97 Å².